The summed E-state index contributed by atoms with van der Waals surface area (Å²) in [6.07, 6.45) is 0.526. The van der Waals surface area contributed by atoms with E-state index in [0.717, 1.165) is 6.07 Å². The molecule has 1 N–H and O–H groups in total. The molecule has 0 bridgehead atoms. The molecule has 0 spiro atoms. The summed E-state index contributed by atoms with van der Waals surface area (Å²) in [6, 6.07) is 3.66. The van der Waals surface area contributed by atoms with Crippen LogP contribution in [0.25, 0.3) is 0 Å². The summed E-state index contributed by atoms with van der Waals surface area (Å²) in [5.41, 5.74) is 0. The minimum atomic E-state index is -4.07. The van der Waals surface area contributed by atoms with E-state index in [4.69, 9.17) is 11.6 Å². The van der Waals surface area contributed by atoms with E-state index >= 15 is 0 Å². The zero-order valence-electron chi connectivity index (χ0n) is 10.9. The van der Waals surface area contributed by atoms with Crippen molar-refractivity contribution in [1.29, 1.82) is 0 Å². The quantitative estimate of drug-likeness (QED) is 0.845. The Morgan fingerprint density at radius 3 is 2.71 bits per heavy atom. The molecular weight excluding hydrogens is 343 g/mol. The standard InChI is InChI=1S/C11H14ClFN2O4S2/c12-9-3-1-4-10(11(9)13)21(18,19)14-5-7-15-6-2-8-20(15,16)17/h1,3-4,14H,2,5-8H2. The highest BCUT2D eigenvalue weighted by Crippen LogP contribution is 2.21. The first kappa shape index (κ1) is 16.6. The van der Waals surface area contributed by atoms with Crippen LogP contribution >= 0.6 is 11.6 Å². The van der Waals surface area contributed by atoms with Gasteiger partial charge in [0.05, 0.1) is 10.8 Å². The van der Waals surface area contributed by atoms with E-state index in [1.165, 1.54) is 16.4 Å². The number of nitrogens with zero attached hydrogens (tertiary/aromatic N) is 1. The van der Waals surface area contributed by atoms with Gasteiger partial charge in [-0.3, -0.25) is 0 Å². The van der Waals surface area contributed by atoms with Gasteiger partial charge in [-0.1, -0.05) is 17.7 Å². The SMILES string of the molecule is O=S(=O)(NCCN1CCCS1(=O)=O)c1cccc(Cl)c1F. The molecule has 1 aliphatic heterocycles. The Morgan fingerprint density at radius 1 is 1.38 bits per heavy atom. The topological polar surface area (TPSA) is 83.6 Å². The van der Waals surface area contributed by atoms with E-state index in [-0.39, 0.29) is 23.9 Å². The third kappa shape index (κ3) is 3.72. The van der Waals surface area contributed by atoms with Crippen molar-refractivity contribution < 1.29 is 21.2 Å². The Balaban J connectivity index is 2.04. The number of nitrogens with one attached hydrogen (secondary N) is 1. The Labute approximate surface area is 128 Å². The fourth-order valence-electron chi connectivity index (χ4n) is 2.02. The van der Waals surface area contributed by atoms with Crippen LogP contribution in [0.5, 0.6) is 0 Å². The lowest BCUT2D eigenvalue weighted by Crippen LogP contribution is -2.36. The molecule has 10 heteroatoms. The average Bonchev–Trinajstić information content (AvgIpc) is 2.72. The largest absolute Gasteiger partial charge is 0.243 e. The molecule has 0 saturated carbocycles. The van der Waals surface area contributed by atoms with E-state index in [1.807, 2.05) is 0 Å². The van der Waals surface area contributed by atoms with Crippen molar-refractivity contribution in [3.63, 3.8) is 0 Å². The van der Waals surface area contributed by atoms with Crippen LogP contribution in [0.1, 0.15) is 6.42 Å². The molecule has 0 aromatic heterocycles. The van der Waals surface area contributed by atoms with E-state index in [0.29, 0.717) is 13.0 Å². The number of benzene rings is 1. The van der Waals surface area contributed by atoms with Crippen molar-refractivity contribution in [2.45, 2.75) is 11.3 Å². The van der Waals surface area contributed by atoms with Gasteiger partial charge in [-0.2, -0.15) is 0 Å². The predicted molar refractivity (Wildman–Crippen MR) is 76.6 cm³/mol. The van der Waals surface area contributed by atoms with Gasteiger partial charge in [-0.05, 0) is 18.6 Å². The fourth-order valence-corrected chi connectivity index (χ4v) is 4.89. The monoisotopic (exact) mass is 356 g/mol. The van der Waals surface area contributed by atoms with E-state index < -0.39 is 30.8 Å². The number of sulfonamides is 2. The molecule has 1 fully saturated rings. The van der Waals surface area contributed by atoms with Crippen molar-refractivity contribution in [3.05, 3.63) is 29.0 Å². The molecule has 0 atom stereocenters. The number of halogens is 2. The molecule has 118 valence electrons. The Morgan fingerprint density at radius 2 is 2.10 bits per heavy atom. The molecule has 1 aliphatic rings. The molecule has 1 heterocycles. The molecule has 6 nitrogen and oxygen atoms in total. The maximum atomic E-state index is 13.7. The van der Waals surface area contributed by atoms with Crippen molar-refractivity contribution in [2.75, 3.05) is 25.4 Å². The summed E-state index contributed by atoms with van der Waals surface area (Å²) < 4.78 is 64.1. The van der Waals surface area contributed by atoms with Crippen LogP contribution in [0.4, 0.5) is 4.39 Å². The molecule has 2 rings (SSSR count). The maximum Gasteiger partial charge on any atom is 0.243 e. The van der Waals surface area contributed by atoms with Crippen molar-refractivity contribution in [3.8, 4) is 0 Å². The van der Waals surface area contributed by atoms with Crippen LogP contribution in [0, 0.1) is 5.82 Å². The number of hydrogen-bond acceptors (Lipinski definition) is 4. The van der Waals surface area contributed by atoms with Crippen molar-refractivity contribution in [2.24, 2.45) is 0 Å². The molecule has 21 heavy (non-hydrogen) atoms. The first-order valence-corrected chi connectivity index (χ1v) is 9.62. The highest BCUT2D eigenvalue weighted by atomic mass is 35.5. The molecule has 1 aromatic rings. The minimum Gasteiger partial charge on any atom is -0.212 e. The average molecular weight is 357 g/mol. The van der Waals surface area contributed by atoms with Crippen LogP contribution in [-0.4, -0.2) is 46.5 Å². The first-order valence-electron chi connectivity index (χ1n) is 6.15. The molecule has 0 amide bonds. The third-order valence-corrected chi connectivity index (χ3v) is 6.79. The molecule has 1 saturated heterocycles. The fraction of sp³-hybridized carbons (Fsp3) is 0.455. The van der Waals surface area contributed by atoms with Gasteiger partial charge in [-0.15, -0.1) is 0 Å². The lowest BCUT2D eigenvalue weighted by atomic mass is 10.3. The van der Waals surface area contributed by atoms with Gasteiger partial charge in [0.25, 0.3) is 0 Å². The lowest BCUT2D eigenvalue weighted by Gasteiger charge is -2.14. The van der Waals surface area contributed by atoms with Gasteiger partial charge >= 0.3 is 0 Å². The molecule has 0 radical (unpaired) electrons. The molecule has 0 unspecified atom stereocenters. The van der Waals surface area contributed by atoms with Crippen molar-refractivity contribution in [1.82, 2.24) is 9.03 Å². The summed E-state index contributed by atoms with van der Waals surface area (Å²) in [4.78, 5) is -0.556. The summed E-state index contributed by atoms with van der Waals surface area (Å²) >= 11 is 5.54. The number of hydrogen-bond donors (Lipinski definition) is 1. The van der Waals surface area contributed by atoms with Gasteiger partial charge in [0.2, 0.25) is 20.0 Å². The Bertz CT molecular complexity index is 737. The second-order valence-corrected chi connectivity index (χ2v) is 8.75. The van der Waals surface area contributed by atoms with Crippen LogP contribution in [0.15, 0.2) is 23.1 Å². The van der Waals surface area contributed by atoms with Gasteiger partial charge in [0, 0.05) is 19.6 Å². The predicted octanol–water partition coefficient (Wildman–Crippen LogP) is 0.793. The van der Waals surface area contributed by atoms with E-state index in [9.17, 15) is 21.2 Å². The van der Waals surface area contributed by atoms with Crippen LogP contribution < -0.4 is 4.72 Å². The van der Waals surface area contributed by atoms with E-state index in [2.05, 4.69) is 4.72 Å². The van der Waals surface area contributed by atoms with Crippen LogP contribution in [0.3, 0.4) is 0 Å². The maximum absolute atomic E-state index is 13.7. The first-order chi connectivity index (χ1) is 9.74. The second-order valence-electron chi connectivity index (χ2n) is 4.52. The molecular formula is C11H14ClFN2O4S2. The Hall–Kier alpha value is -0.740. The summed E-state index contributed by atoms with van der Waals surface area (Å²) in [5.74, 6) is -0.955. The summed E-state index contributed by atoms with van der Waals surface area (Å²) in [6.45, 7) is 0.257. The third-order valence-electron chi connectivity index (χ3n) is 3.06. The smallest absolute Gasteiger partial charge is 0.212 e. The summed E-state index contributed by atoms with van der Waals surface area (Å²) in [7, 11) is -7.35. The second kappa shape index (κ2) is 6.17. The van der Waals surface area contributed by atoms with Gasteiger partial charge < -0.3 is 0 Å². The molecule has 0 aliphatic carbocycles. The summed E-state index contributed by atoms with van der Waals surface area (Å²) in [5, 5.41) is -0.292. The normalized spacial score (nSPS) is 19.0. The van der Waals surface area contributed by atoms with Gasteiger partial charge in [-0.25, -0.2) is 30.3 Å². The highest BCUT2D eigenvalue weighted by Gasteiger charge is 2.28. The van der Waals surface area contributed by atoms with Gasteiger partial charge in [0.1, 0.15) is 4.90 Å². The van der Waals surface area contributed by atoms with Crippen LogP contribution in [-0.2, 0) is 20.0 Å². The van der Waals surface area contributed by atoms with Gasteiger partial charge in [0.15, 0.2) is 5.82 Å². The molecule has 1 aromatic carbocycles. The van der Waals surface area contributed by atoms with Crippen molar-refractivity contribution >= 4 is 31.6 Å². The Kier molecular flexibility index (Phi) is 4.89. The zero-order valence-corrected chi connectivity index (χ0v) is 13.3. The minimum absolute atomic E-state index is 0.0176. The van der Waals surface area contributed by atoms with E-state index in [1.54, 1.807) is 0 Å². The lowest BCUT2D eigenvalue weighted by molar-refractivity contribution is 0.444. The van der Waals surface area contributed by atoms with Crippen LogP contribution in [0.2, 0.25) is 5.02 Å². The number of rotatable bonds is 5. The zero-order chi connectivity index (χ0) is 15.7. The highest BCUT2D eigenvalue weighted by molar-refractivity contribution is 7.89.